The van der Waals surface area contributed by atoms with Crippen molar-refractivity contribution in [1.82, 2.24) is 30.3 Å². The molecule has 3 aromatic heterocycles. The van der Waals surface area contributed by atoms with Crippen LogP contribution in [0.5, 0.6) is 0 Å². The number of rotatable bonds is 7. The van der Waals surface area contributed by atoms with E-state index < -0.39 is 0 Å². The Kier molecular flexibility index (Phi) is 5.30. The van der Waals surface area contributed by atoms with E-state index in [-0.39, 0.29) is 0 Å². The summed E-state index contributed by atoms with van der Waals surface area (Å²) in [6.45, 7) is 4.92. The predicted molar refractivity (Wildman–Crippen MR) is 110 cm³/mol. The average molecular weight is 372 g/mol. The number of nitrogens with one attached hydrogen (secondary N) is 2. The zero-order valence-electron chi connectivity index (χ0n) is 16.1. The minimum atomic E-state index is 0.296. The molecule has 6 heteroatoms. The highest BCUT2D eigenvalue weighted by Crippen LogP contribution is 2.23. The summed E-state index contributed by atoms with van der Waals surface area (Å²) >= 11 is 0. The van der Waals surface area contributed by atoms with Gasteiger partial charge in [-0.1, -0.05) is 18.2 Å². The first-order chi connectivity index (χ1) is 13.7. The second-order valence-electron chi connectivity index (χ2n) is 7.05. The van der Waals surface area contributed by atoms with Gasteiger partial charge in [0, 0.05) is 54.4 Å². The van der Waals surface area contributed by atoms with Gasteiger partial charge in [-0.15, -0.1) is 0 Å². The quantitative estimate of drug-likeness (QED) is 0.519. The maximum Gasteiger partial charge on any atom is 0.0988 e. The summed E-state index contributed by atoms with van der Waals surface area (Å²) in [6.07, 6.45) is 6.61. The molecule has 28 heavy (non-hydrogen) atoms. The smallest absolute Gasteiger partial charge is 0.0988 e. The van der Waals surface area contributed by atoms with E-state index in [1.807, 2.05) is 48.1 Å². The molecule has 1 unspecified atom stereocenters. The van der Waals surface area contributed by atoms with E-state index in [2.05, 4.69) is 51.8 Å². The van der Waals surface area contributed by atoms with Gasteiger partial charge in [0.05, 0.1) is 17.1 Å². The molecular formula is C22H24N6. The standard InChI is InChI=1S/C22H24N6/c1-16(11-20-12-17(2)25-26-20)24-14-19-15-28(21-8-4-3-5-9-21)27-22(19)18-7-6-10-23-13-18/h3-10,12-13,15-16,24H,11,14H2,1-2H3,(H,25,26). The maximum atomic E-state index is 4.84. The molecule has 1 aromatic carbocycles. The van der Waals surface area contributed by atoms with Crippen molar-refractivity contribution in [3.63, 3.8) is 0 Å². The Morgan fingerprint density at radius 2 is 2.00 bits per heavy atom. The van der Waals surface area contributed by atoms with Crippen LogP contribution in [-0.2, 0) is 13.0 Å². The fourth-order valence-corrected chi connectivity index (χ4v) is 3.25. The second kappa shape index (κ2) is 8.19. The highest BCUT2D eigenvalue weighted by Gasteiger charge is 2.14. The molecule has 0 aliphatic rings. The highest BCUT2D eigenvalue weighted by atomic mass is 15.3. The van der Waals surface area contributed by atoms with E-state index in [1.165, 1.54) is 0 Å². The SMILES string of the molecule is Cc1cc(CC(C)NCc2cn(-c3ccccc3)nc2-c2cccnc2)n[nH]1. The number of nitrogens with zero attached hydrogens (tertiary/aromatic N) is 4. The van der Waals surface area contributed by atoms with Crippen LogP contribution < -0.4 is 5.32 Å². The molecule has 0 aliphatic carbocycles. The molecular weight excluding hydrogens is 348 g/mol. The summed E-state index contributed by atoms with van der Waals surface area (Å²) in [5.74, 6) is 0. The van der Waals surface area contributed by atoms with E-state index in [9.17, 15) is 0 Å². The predicted octanol–water partition coefficient (Wildman–Crippen LogP) is 3.69. The van der Waals surface area contributed by atoms with Gasteiger partial charge in [0.1, 0.15) is 0 Å². The number of hydrogen-bond acceptors (Lipinski definition) is 4. The van der Waals surface area contributed by atoms with E-state index in [0.717, 1.165) is 46.9 Å². The summed E-state index contributed by atoms with van der Waals surface area (Å²) in [4.78, 5) is 4.26. The molecule has 142 valence electrons. The Morgan fingerprint density at radius 3 is 2.71 bits per heavy atom. The summed E-state index contributed by atoms with van der Waals surface area (Å²) in [7, 11) is 0. The third-order valence-electron chi connectivity index (χ3n) is 4.66. The van der Waals surface area contributed by atoms with E-state index >= 15 is 0 Å². The van der Waals surface area contributed by atoms with Gasteiger partial charge in [0.2, 0.25) is 0 Å². The van der Waals surface area contributed by atoms with Gasteiger partial charge >= 0.3 is 0 Å². The van der Waals surface area contributed by atoms with Crippen LogP contribution in [0.2, 0.25) is 0 Å². The van der Waals surface area contributed by atoms with E-state index in [4.69, 9.17) is 5.10 Å². The van der Waals surface area contributed by atoms with Crippen LogP contribution in [0.1, 0.15) is 23.9 Å². The number of aryl methyl sites for hydroxylation is 1. The van der Waals surface area contributed by atoms with E-state index in [1.54, 1.807) is 6.20 Å². The molecule has 0 bridgehead atoms. The summed E-state index contributed by atoms with van der Waals surface area (Å²) in [5.41, 5.74) is 6.31. The highest BCUT2D eigenvalue weighted by molar-refractivity contribution is 5.62. The van der Waals surface area contributed by atoms with E-state index in [0.29, 0.717) is 6.04 Å². The topological polar surface area (TPSA) is 71.4 Å². The monoisotopic (exact) mass is 372 g/mol. The van der Waals surface area contributed by atoms with Crippen molar-refractivity contribution in [3.8, 4) is 16.9 Å². The van der Waals surface area contributed by atoms with Crippen LogP contribution in [0.3, 0.4) is 0 Å². The summed E-state index contributed by atoms with van der Waals surface area (Å²) in [5, 5.41) is 15.8. The number of pyridine rings is 1. The van der Waals surface area contributed by atoms with Crippen molar-refractivity contribution in [2.75, 3.05) is 0 Å². The summed E-state index contributed by atoms with van der Waals surface area (Å²) in [6, 6.07) is 16.5. The van der Waals surface area contributed by atoms with Crippen molar-refractivity contribution in [2.45, 2.75) is 32.9 Å². The first kappa shape index (κ1) is 18.1. The van der Waals surface area contributed by atoms with Crippen molar-refractivity contribution in [1.29, 1.82) is 0 Å². The fraction of sp³-hybridized carbons (Fsp3) is 0.227. The lowest BCUT2D eigenvalue weighted by molar-refractivity contribution is 0.540. The minimum absolute atomic E-state index is 0.296. The van der Waals surface area contributed by atoms with Crippen molar-refractivity contribution < 1.29 is 0 Å². The Bertz CT molecular complexity index is 1020. The van der Waals surface area contributed by atoms with Gasteiger partial charge in [-0.2, -0.15) is 10.2 Å². The molecule has 1 atom stereocenters. The van der Waals surface area contributed by atoms with Crippen LogP contribution in [0, 0.1) is 6.92 Å². The molecule has 2 N–H and O–H groups in total. The number of para-hydroxylation sites is 1. The van der Waals surface area contributed by atoms with Gasteiger partial charge in [-0.25, -0.2) is 4.68 Å². The molecule has 4 rings (SSSR count). The third-order valence-corrected chi connectivity index (χ3v) is 4.66. The lowest BCUT2D eigenvalue weighted by Crippen LogP contribution is -2.27. The summed E-state index contributed by atoms with van der Waals surface area (Å²) < 4.78 is 1.93. The van der Waals surface area contributed by atoms with Crippen molar-refractivity contribution >= 4 is 0 Å². The normalized spacial score (nSPS) is 12.2. The van der Waals surface area contributed by atoms with Crippen LogP contribution in [0.25, 0.3) is 16.9 Å². The molecule has 3 heterocycles. The number of benzene rings is 1. The lowest BCUT2D eigenvalue weighted by atomic mass is 10.1. The third kappa shape index (κ3) is 4.18. The van der Waals surface area contributed by atoms with Crippen molar-refractivity contribution in [2.24, 2.45) is 0 Å². The van der Waals surface area contributed by atoms with Crippen LogP contribution >= 0.6 is 0 Å². The molecule has 0 fully saturated rings. The molecule has 6 nitrogen and oxygen atoms in total. The van der Waals surface area contributed by atoms with Crippen molar-refractivity contribution in [3.05, 3.63) is 84.1 Å². The van der Waals surface area contributed by atoms with Gasteiger partial charge in [-0.05, 0) is 44.2 Å². The fourth-order valence-electron chi connectivity index (χ4n) is 3.25. The van der Waals surface area contributed by atoms with Crippen LogP contribution in [0.15, 0.2) is 67.1 Å². The Hall–Kier alpha value is -3.25. The molecule has 0 spiro atoms. The van der Waals surface area contributed by atoms with Gasteiger partial charge < -0.3 is 5.32 Å². The Morgan fingerprint density at radius 1 is 1.14 bits per heavy atom. The minimum Gasteiger partial charge on any atom is -0.310 e. The molecule has 0 amide bonds. The Labute approximate surface area is 164 Å². The first-order valence-electron chi connectivity index (χ1n) is 9.47. The molecule has 0 aliphatic heterocycles. The first-order valence-corrected chi connectivity index (χ1v) is 9.47. The molecule has 0 saturated carbocycles. The van der Waals surface area contributed by atoms with Crippen LogP contribution in [-0.4, -0.2) is 31.0 Å². The largest absolute Gasteiger partial charge is 0.310 e. The second-order valence-corrected chi connectivity index (χ2v) is 7.05. The zero-order chi connectivity index (χ0) is 19.3. The molecule has 0 saturated heterocycles. The number of H-pyrrole nitrogens is 1. The number of hydrogen-bond donors (Lipinski definition) is 2. The van der Waals surface area contributed by atoms with Gasteiger partial charge in [-0.3, -0.25) is 10.1 Å². The number of aromatic amines is 1. The average Bonchev–Trinajstić information content (AvgIpc) is 3.34. The molecule has 4 aromatic rings. The number of aromatic nitrogens is 5. The maximum absolute atomic E-state index is 4.84. The molecule has 0 radical (unpaired) electrons. The van der Waals surface area contributed by atoms with Crippen LogP contribution in [0.4, 0.5) is 0 Å². The van der Waals surface area contributed by atoms with Gasteiger partial charge in [0.15, 0.2) is 0 Å². The Balaban J connectivity index is 1.55. The lowest BCUT2D eigenvalue weighted by Gasteiger charge is -2.12. The van der Waals surface area contributed by atoms with Gasteiger partial charge in [0.25, 0.3) is 0 Å². The zero-order valence-corrected chi connectivity index (χ0v) is 16.1.